The summed E-state index contributed by atoms with van der Waals surface area (Å²) in [7, 11) is 0. The molecule has 0 unspecified atom stereocenters. The molecule has 0 atom stereocenters. The maximum atomic E-state index is 11.6. The first-order valence-electron chi connectivity index (χ1n) is 5.42. The van der Waals surface area contributed by atoms with E-state index in [-0.39, 0.29) is 11.2 Å². The molecular formula is C13H12O4. The van der Waals surface area contributed by atoms with E-state index in [0.717, 1.165) is 6.42 Å². The van der Waals surface area contributed by atoms with Gasteiger partial charge in [0.15, 0.2) is 0 Å². The van der Waals surface area contributed by atoms with Gasteiger partial charge in [0.25, 0.3) is 0 Å². The quantitative estimate of drug-likeness (QED) is 0.825. The summed E-state index contributed by atoms with van der Waals surface area (Å²) in [5, 5.41) is 9.53. The zero-order valence-corrected chi connectivity index (χ0v) is 9.40. The van der Waals surface area contributed by atoms with Crippen molar-refractivity contribution < 1.29 is 14.3 Å². The van der Waals surface area contributed by atoms with Gasteiger partial charge in [-0.05, 0) is 30.7 Å². The topological polar surface area (TPSA) is 67.5 Å². The highest BCUT2D eigenvalue weighted by atomic mass is 16.4. The van der Waals surface area contributed by atoms with E-state index in [0.29, 0.717) is 23.0 Å². The summed E-state index contributed by atoms with van der Waals surface area (Å²) >= 11 is 0. The Morgan fingerprint density at radius 2 is 2.12 bits per heavy atom. The molecule has 0 aliphatic rings. The number of hydrogen-bond acceptors (Lipinski definition) is 3. The molecule has 0 bridgehead atoms. The largest absolute Gasteiger partial charge is 0.478 e. The minimum atomic E-state index is -0.991. The van der Waals surface area contributed by atoms with Gasteiger partial charge in [-0.3, -0.25) is 0 Å². The first-order chi connectivity index (χ1) is 8.11. The molecule has 4 heteroatoms. The number of fused-ring (bicyclic) bond motifs is 1. The molecule has 1 N–H and O–H groups in total. The molecule has 0 saturated heterocycles. The van der Waals surface area contributed by atoms with Crippen LogP contribution in [0.4, 0.5) is 0 Å². The van der Waals surface area contributed by atoms with Gasteiger partial charge in [-0.1, -0.05) is 13.3 Å². The van der Waals surface area contributed by atoms with Crippen LogP contribution in [0.1, 0.15) is 29.3 Å². The summed E-state index contributed by atoms with van der Waals surface area (Å²) in [4.78, 5) is 22.4. The molecule has 2 aromatic rings. The third kappa shape index (κ3) is 2.20. The summed E-state index contributed by atoms with van der Waals surface area (Å²) in [6, 6.07) is 6.15. The second kappa shape index (κ2) is 4.41. The van der Waals surface area contributed by atoms with Gasteiger partial charge in [-0.15, -0.1) is 0 Å². The van der Waals surface area contributed by atoms with E-state index < -0.39 is 5.97 Å². The van der Waals surface area contributed by atoms with Crippen LogP contribution in [0.3, 0.4) is 0 Å². The molecule has 88 valence electrons. The number of carboxylic acids is 1. The lowest BCUT2D eigenvalue weighted by atomic mass is 10.1. The Morgan fingerprint density at radius 1 is 1.35 bits per heavy atom. The summed E-state index contributed by atoms with van der Waals surface area (Å²) in [5.41, 5.74) is 0.846. The number of aromatic carboxylic acids is 1. The summed E-state index contributed by atoms with van der Waals surface area (Å²) in [6.07, 6.45) is 1.48. The van der Waals surface area contributed by atoms with E-state index in [4.69, 9.17) is 9.52 Å². The van der Waals surface area contributed by atoms with E-state index in [2.05, 4.69) is 0 Å². The van der Waals surface area contributed by atoms with Gasteiger partial charge in [0.05, 0.1) is 5.56 Å². The lowest BCUT2D eigenvalue weighted by molar-refractivity contribution is 0.0697. The maximum Gasteiger partial charge on any atom is 0.339 e. The summed E-state index contributed by atoms with van der Waals surface area (Å²) in [6.45, 7) is 1.97. The number of benzene rings is 1. The van der Waals surface area contributed by atoms with Crippen molar-refractivity contribution in [1.29, 1.82) is 0 Å². The second-order valence-corrected chi connectivity index (χ2v) is 3.87. The molecule has 0 aliphatic carbocycles. The number of carboxylic acid groups (broad SMARTS) is 1. The molecule has 0 spiro atoms. The van der Waals surface area contributed by atoms with Crippen LogP contribution in [-0.4, -0.2) is 11.1 Å². The summed E-state index contributed by atoms with van der Waals surface area (Å²) in [5.74, 6) is -0.991. The SMILES string of the molecule is CCCc1cc2cc(C(=O)O)ccc2oc1=O. The predicted octanol–water partition coefficient (Wildman–Crippen LogP) is 2.44. The van der Waals surface area contributed by atoms with Gasteiger partial charge in [0.1, 0.15) is 5.58 Å². The van der Waals surface area contributed by atoms with Crippen LogP contribution in [0, 0.1) is 0 Å². The van der Waals surface area contributed by atoms with Crippen LogP contribution in [0.25, 0.3) is 11.0 Å². The van der Waals surface area contributed by atoms with E-state index in [1.54, 1.807) is 6.07 Å². The first kappa shape index (κ1) is 11.4. The van der Waals surface area contributed by atoms with Crippen molar-refractivity contribution >= 4 is 16.9 Å². The van der Waals surface area contributed by atoms with E-state index in [9.17, 15) is 9.59 Å². The molecule has 0 aliphatic heterocycles. The standard InChI is InChI=1S/C13H12O4/c1-2-3-9-7-10-6-8(12(14)15)4-5-11(10)17-13(9)16/h4-7H,2-3H2,1H3,(H,14,15). The van der Waals surface area contributed by atoms with Gasteiger partial charge in [-0.25, -0.2) is 9.59 Å². The van der Waals surface area contributed by atoms with E-state index in [1.807, 2.05) is 6.92 Å². The van der Waals surface area contributed by atoms with Crippen molar-refractivity contribution in [3.8, 4) is 0 Å². The van der Waals surface area contributed by atoms with Gasteiger partial charge in [0.2, 0.25) is 0 Å². The maximum absolute atomic E-state index is 11.6. The highest BCUT2D eigenvalue weighted by Gasteiger charge is 2.08. The number of rotatable bonds is 3. The molecule has 1 aromatic heterocycles. The van der Waals surface area contributed by atoms with Gasteiger partial charge in [0, 0.05) is 10.9 Å². The average Bonchev–Trinajstić information content (AvgIpc) is 2.29. The van der Waals surface area contributed by atoms with Crippen molar-refractivity contribution in [2.45, 2.75) is 19.8 Å². The van der Waals surface area contributed by atoms with Crippen LogP contribution in [0.5, 0.6) is 0 Å². The lowest BCUT2D eigenvalue weighted by Crippen LogP contribution is -2.07. The highest BCUT2D eigenvalue weighted by Crippen LogP contribution is 2.16. The highest BCUT2D eigenvalue weighted by molar-refractivity contribution is 5.92. The number of carbonyl (C=O) groups is 1. The minimum absolute atomic E-state index is 0.189. The molecule has 0 radical (unpaired) electrons. The second-order valence-electron chi connectivity index (χ2n) is 3.87. The molecule has 1 heterocycles. The van der Waals surface area contributed by atoms with Crippen molar-refractivity contribution in [3.05, 3.63) is 45.8 Å². The average molecular weight is 232 g/mol. The normalized spacial score (nSPS) is 10.6. The molecular weight excluding hydrogens is 220 g/mol. The van der Waals surface area contributed by atoms with Gasteiger partial charge < -0.3 is 9.52 Å². The Bertz CT molecular complexity index is 625. The Hall–Kier alpha value is -2.10. The monoisotopic (exact) mass is 232 g/mol. The van der Waals surface area contributed by atoms with Crippen molar-refractivity contribution in [1.82, 2.24) is 0 Å². The number of hydrogen-bond donors (Lipinski definition) is 1. The van der Waals surface area contributed by atoms with E-state index >= 15 is 0 Å². The fraction of sp³-hybridized carbons (Fsp3) is 0.231. The number of aryl methyl sites for hydroxylation is 1. The molecule has 4 nitrogen and oxygen atoms in total. The third-order valence-electron chi connectivity index (χ3n) is 2.57. The fourth-order valence-electron chi connectivity index (χ4n) is 1.74. The van der Waals surface area contributed by atoms with Crippen molar-refractivity contribution in [2.75, 3.05) is 0 Å². The smallest absolute Gasteiger partial charge is 0.339 e. The molecule has 0 saturated carbocycles. The van der Waals surface area contributed by atoms with Crippen LogP contribution in [-0.2, 0) is 6.42 Å². The minimum Gasteiger partial charge on any atom is -0.478 e. The lowest BCUT2D eigenvalue weighted by Gasteiger charge is -2.01. The molecule has 17 heavy (non-hydrogen) atoms. The molecule has 1 aromatic carbocycles. The zero-order chi connectivity index (χ0) is 12.4. The van der Waals surface area contributed by atoms with Crippen LogP contribution < -0.4 is 5.63 Å². The van der Waals surface area contributed by atoms with Crippen molar-refractivity contribution in [2.24, 2.45) is 0 Å². The Labute approximate surface area is 97.5 Å². The Kier molecular flexibility index (Phi) is 2.95. The molecule has 2 rings (SSSR count). The molecule has 0 amide bonds. The zero-order valence-electron chi connectivity index (χ0n) is 9.40. The molecule has 0 fully saturated rings. The van der Waals surface area contributed by atoms with Crippen LogP contribution >= 0.6 is 0 Å². The first-order valence-corrected chi connectivity index (χ1v) is 5.42. The Balaban J connectivity index is 2.64. The Morgan fingerprint density at radius 3 is 2.76 bits per heavy atom. The third-order valence-corrected chi connectivity index (χ3v) is 2.57. The van der Waals surface area contributed by atoms with Crippen LogP contribution in [0.2, 0.25) is 0 Å². The fourth-order valence-corrected chi connectivity index (χ4v) is 1.74. The van der Waals surface area contributed by atoms with Gasteiger partial charge in [-0.2, -0.15) is 0 Å². The predicted molar refractivity (Wildman–Crippen MR) is 63.4 cm³/mol. The van der Waals surface area contributed by atoms with Crippen LogP contribution in [0.15, 0.2) is 33.5 Å². The van der Waals surface area contributed by atoms with E-state index in [1.165, 1.54) is 18.2 Å². The van der Waals surface area contributed by atoms with Crippen molar-refractivity contribution in [3.63, 3.8) is 0 Å². The van der Waals surface area contributed by atoms with Gasteiger partial charge >= 0.3 is 11.6 Å². The summed E-state index contributed by atoms with van der Waals surface area (Å²) < 4.78 is 5.13.